The molecule has 3 nitrogen and oxygen atoms in total. The molecule has 2 N–H and O–H groups in total. The van der Waals surface area contributed by atoms with Gasteiger partial charge in [0.1, 0.15) is 0 Å². The SMILES string of the molecule is Cc1ccc([C@@H](O)CCC(=O)O)cc1. The van der Waals surface area contributed by atoms with Gasteiger partial charge < -0.3 is 10.2 Å². The third kappa shape index (κ3) is 3.18. The van der Waals surface area contributed by atoms with Crippen molar-refractivity contribution in [2.45, 2.75) is 25.9 Å². The Morgan fingerprint density at radius 1 is 1.36 bits per heavy atom. The molecule has 0 aliphatic heterocycles. The van der Waals surface area contributed by atoms with Crippen LogP contribution in [0.1, 0.15) is 30.1 Å². The van der Waals surface area contributed by atoms with Crippen LogP contribution in [0.3, 0.4) is 0 Å². The van der Waals surface area contributed by atoms with Crippen LogP contribution in [0.25, 0.3) is 0 Å². The molecule has 0 amide bonds. The predicted octanol–water partition coefficient (Wildman–Crippen LogP) is 1.89. The van der Waals surface area contributed by atoms with Gasteiger partial charge in [0.25, 0.3) is 0 Å². The Bertz CT molecular complexity index is 303. The van der Waals surface area contributed by atoms with E-state index in [-0.39, 0.29) is 12.8 Å². The number of aliphatic hydroxyl groups excluding tert-OH is 1. The summed E-state index contributed by atoms with van der Waals surface area (Å²) in [5.74, 6) is -0.879. The van der Waals surface area contributed by atoms with E-state index in [1.165, 1.54) is 0 Å². The standard InChI is InChI=1S/C11H14O3/c1-8-2-4-9(5-3-8)10(12)6-7-11(13)14/h2-5,10,12H,6-7H2,1H3,(H,13,14)/t10-/m0/s1. The highest BCUT2D eigenvalue weighted by Crippen LogP contribution is 2.18. The molecular formula is C11H14O3. The molecule has 1 rings (SSSR count). The second-order valence-corrected chi connectivity index (χ2v) is 3.36. The number of carbonyl (C=O) groups is 1. The molecule has 1 aromatic rings. The van der Waals surface area contributed by atoms with Crippen LogP contribution in [0.4, 0.5) is 0 Å². The van der Waals surface area contributed by atoms with Gasteiger partial charge in [-0.1, -0.05) is 29.8 Å². The molecule has 0 aliphatic rings. The highest BCUT2D eigenvalue weighted by Gasteiger charge is 2.08. The Balaban J connectivity index is 2.56. The minimum absolute atomic E-state index is 0.00492. The molecule has 0 radical (unpaired) electrons. The molecule has 3 heteroatoms. The fourth-order valence-electron chi connectivity index (χ4n) is 1.22. The fraction of sp³-hybridized carbons (Fsp3) is 0.364. The van der Waals surface area contributed by atoms with E-state index in [9.17, 15) is 9.90 Å². The highest BCUT2D eigenvalue weighted by molar-refractivity contribution is 5.66. The quantitative estimate of drug-likeness (QED) is 0.769. The van der Waals surface area contributed by atoms with Gasteiger partial charge >= 0.3 is 5.97 Å². The molecule has 14 heavy (non-hydrogen) atoms. The average Bonchev–Trinajstić information content (AvgIpc) is 2.15. The van der Waals surface area contributed by atoms with Crippen molar-refractivity contribution in [3.8, 4) is 0 Å². The van der Waals surface area contributed by atoms with Gasteiger partial charge in [-0.15, -0.1) is 0 Å². The van der Waals surface area contributed by atoms with Crippen LogP contribution in [0.5, 0.6) is 0 Å². The van der Waals surface area contributed by atoms with Crippen molar-refractivity contribution in [3.05, 3.63) is 35.4 Å². The molecule has 0 heterocycles. The second kappa shape index (κ2) is 4.77. The fourth-order valence-corrected chi connectivity index (χ4v) is 1.22. The van der Waals surface area contributed by atoms with Crippen molar-refractivity contribution in [1.82, 2.24) is 0 Å². The largest absolute Gasteiger partial charge is 0.481 e. The lowest BCUT2D eigenvalue weighted by molar-refractivity contribution is -0.137. The van der Waals surface area contributed by atoms with Crippen molar-refractivity contribution in [1.29, 1.82) is 0 Å². The number of aryl methyl sites for hydroxylation is 1. The number of carboxylic acid groups (broad SMARTS) is 1. The summed E-state index contributed by atoms with van der Waals surface area (Å²) in [5.41, 5.74) is 1.90. The molecule has 0 unspecified atom stereocenters. The lowest BCUT2D eigenvalue weighted by Crippen LogP contribution is -2.02. The Hall–Kier alpha value is -1.35. The van der Waals surface area contributed by atoms with Gasteiger partial charge in [-0.05, 0) is 18.9 Å². The Morgan fingerprint density at radius 3 is 2.43 bits per heavy atom. The Kier molecular flexibility index (Phi) is 3.65. The van der Waals surface area contributed by atoms with Crippen LogP contribution in [0.15, 0.2) is 24.3 Å². The summed E-state index contributed by atoms with van der Waals surface area (Å²) in [6.45, 7) is 1.97. The van der Waals surface area contributed by atoms with E-state index in [4.69, 9.17) is 5.11 Å². The Labute approximate surface area is 83.0 Å². The summed E-state index contributed by atoms with van der Waals surface area (Å²) in [6, 6.07) is 7.45. The van der Waals surface area contributed by atoms with E-state index < -0.39 is 12.1 Å². The van der Waals surface area contributed by atoms with Crippen molar-refractivity contribution >= 4 is 5.97 Å². The van der Waals surface area contributed by atoms with Crippen LogP contribution in [-0.4, -0.2) is 16.2 Å². The highest BCUT2D eigenvalue weighted by atomic mass is 16.4. The normalized spacial score (nSPS) is 12.4. The smallest absolute Gasteiger partial charge is 0.303 e. The van der Waals surface area contributed by atoms with Crippen LogP contribution in [0, 0.1) is 6.92 Å². The maximum Gasteiger partial charge on any atom is 0.303 e. The zero-order valence-corrected chi connectivity index (χ0v) is 8.10. The van der Waals surface area contributed by atoms with E-state index in [1.807, 2.05) is 31.2 Å². The predicted molar refractivity (Wildman–Crippen MR) is 53.0 cm³/mol. The minimum Gasteiger partial charge on any atom is -0.481 e. The number of rotatable bonds is 4. The topological polar surface area (TPSA) is 57.5 Å². The van der Waals surface area contributed by atoms with Crippen LogP contribution in [0.2, 0.25) is 0 Å². The number of hydrogen-bond donors (Lipinski definition) is 2. The summed E-state index contributed by atoms with van der Waals surface area (Å²) >= 11 is 0. The zero-order chi connectivity index (χ0) is 10.6. The summed E-state index contributed by atoms with van der Waals surface area (Å²) in [4.78, 5) is 10.3. The molecule has 0 saturated carbocycles. The number of hydrogen-bond acceptors (Lipinski definition) is 2. The van der Waals surface area contributed by atoms with Gasteiger partial charge in [0.2, 0.25) is 0 Å². The van der Waals surface area contributed by atoms with Gasteiger partial charge in [0, 0.05) is 6.42 Å². The Morgan fingerprint density at radius 2 is 1.93 bits per heavy atom. The lowest BCUT2D eigenvalue weighted by Gasteiger charge is -2.09. The molecular weight excluding hydrogens is 180 g/mol. The zero-order valence-electron chi connectivity index (χ0n) is 8.10. The van der Waals surface area contributed by atoms with Crippen LogP contribution in [-0.2, 0) is 4.79 Å². The van der Waals surface area contributed by atoms with Crippen molar-refractivity contribution in [3.63, 3.8) is 0 Å². The molecule has 0 saturated heterocycles. The second-order valence-electron chi connectivity index (χ2n) is 3.36. The maximum atomic E-state index is 10.3. The van der Waals surface area contributed by atoms with E-state index in [0.717, 1.165) is 11.1 Å². The summed E-state index contributed by atoms with van der Waals surface area (Å²) in [5, 5.41) is 18.0. The minimum atomic E-state index is -0.879. The summed E-state index contributed by atoms with van der Waals surface area (Å²) in [7, 11) is 0. The molecule has 0 aliphatic carbocycles. The molecule has 0 fully saturated rings. The molecule has 0 aromatic heterocycles. The number of aliphatic hydroxyl groups is 1. The first-order valence-corrected chi connectivity index (χ1v) is 4.56. The van der Waals surface area contributed by atoms with Gasteiger partial charge in [0.15, 0.2) is 0 Å². The lowest BCUT2D eigenvalue weighted by atomic mass is 10.0. The number of carboxylic acids is 1. The first-order chi connectivity index (χ1) is 6.59. The monoisotopic (exact) mass is 194 g/mol. The van der Waals surface area contributed by atoms with Crippen molar-refractivity contribution in [2.24, 2.45) is 0 Å². The average molecular weight is 194 g/mol. The number of aliphatic carboxylic acids is 1. The van der Waals surface area contributed by atoms with Crippen molar-refractivity contribution in [2.75, 3.05) is 0 Å². The van der Waals surface area contributed by atoms with E-state index >= 15 is 0 Å². The summed E-state index contributed by atoms with van der Waals surface area (Å²) in [6.07, 6.45) is -0.417. The first kappa shape index (κ1) is 10.7. The molecule has 0 spiro atoms. The molecule has 1 aromatic carbocycles. The van der Waals surface area contributed by atoms with Gasteiger partial charge in [-0.25, -0.2) is 0 Å². The molecule has 1 atom stereocenters. The van der Waals surface area contributed by atoms with Gasteiger partial charge in [-0.2, -0.15) is 0 Å². The van der Waals surface area contributed by atoms with Crippen LogP contribution >= 0.6 is 0 Å². The third-order valence-electron chi connectivity index (χ3n) is 2.09. The van der Waals surface area contributed by atoms with E-state index in [0.29, 0.717) is 0 Å². The summed E-state index contributed by atoms with van der Waals surface area (Å²) < 4.78 is 0. The molecule has 0 bridgehead atoms. The van der Waals surface area contributed by atoms with Crippen molar-refractivity contribution < 1.29 is 15.0 Å². The molecule has 76 valence electrons. The first-order valence-electron chi connectivity index (χ1n) is 4.56. The maximum absolute atomic E-state index is 10.3. The van der Waals surface area contributed by atoms with Gasteiger partial charge in [0.05, 0.1) is 6.10 Å². The number of benzene rings is 1. The van der Waals surface area contributed by atoms with Gasteiger partial charge in [-0.3, -0.25) is 4.79 Å². The van der Waals surface area contributed by atoms with Crippen LogP contribution < -0.4 is 0 Å². The third-order valence-corrected chi connectivity index (χ3v) is 2.09. The van der Waals surface area contributed by atoms with E-state index in [1.54, 1.807) is 0 Å². The van der Waals surface area contributed by atoms with E-state index in [2.05, 4.69) is 0 Å².